The Kier molecular flexibility index (Phi) is 5.84. The van der Waals surface area contributed by atoms with E-state index in [0.29, 0.717) is 11.4 Å². The molecule has 130 valence electrons. The van der Waals surface area contributed by atoms with Crippen LogP contribution in [0.25, 0.3) is 5.69 Å². The van der Waals surface area contributed by atoms with E-state index in [1.165, 1.54) is 4.68 Å². The van der Waals surface area contributed by atoms with E-state index in [4.69, 9.17) is 11.6 Å². The quantitative estimate of drug-likeness (QED) is 0.804. The number of amides is 1. The number of carbonyl (C=O) groups is 1. The molecule has 0 radical (unpaired) electrons. The summed E-state index contributed by atoms with van der Waals surface area (Å²) in [6.45, 7) is -0.0507. The van der Waals surface area contributed by atoms with Crippen LogP contribution < -0.4 is 5.32 Å². The molecule has 2 aromatic rings. The first-order chi connectivity index (χ1) is 11.3. The van der Waals surface area contributed by atoms with E-state index in [2.05, 4.69) is 15.2 Å². The zero-order valence-corrected chi connectivity index (χ0v) is 13.5. The first-order valence-electron chi connectivity index (χ1n) is 7.03. The van der Waals surface area contributed by atoms with Gasteiger partial charge in [0.2, 0.25) is 0 Å². The van der Waals surface area contributed by atoms with Crippen LogP contribution in [-0.2, 0) is 4.74 Å². The summed E-state index contributed by atoms with van der Waals surface area (Å²) in [4.78, 5) is 12.2. The molecular formula is C15H15ClF3N3O2. The van der Waals surface area contributed by atoms with Gasteiger partial charge in [-0.15, -0.1) is 0 Å². The Hall–Kier alpha value is -2.06. The number of rotatable bonds is 6. The standard InChI is InChI=1S/C15H15ClF3N3O2/c1-10-12(14(23)20-7-8-24-9-15(17,18)19)13(16)22(21-10)11-5-3-2-4-6-11/h2-6H,7-9H2,1H3,(H,20,23). The van der Waals surface area contributed by atoms with Gasteiger partial charge in [0.1, 0.15) is 11.8 Å². The molecule has 0 bridgehead atoms. The third kappa shape index (κ3) is 4.72. The first-order valence-corrected chi connectivity index (χ1v) is 7.40. The normalized spacial score (nSPS) is 11.5. The Bertz CT molecular complexity index is 702. The van der Waals surface area contributed by atoms with Crippen molar-refractivity contribution in [3.05, 3.63) is 46.7 Å². The van der Waals surface area contributed by atoms with Crippen LogP contribution in [-0.4, -0.2) is 41.6 Å². The van der Waals surface area contributed by atoms with Gasteiger partial charge in [-0.05, 0) is 19.1 Å². The molecule has 5 nitrogen and oxygen atoms in total. The van der Waals surface area contributed by atoms with Crippen molar-refractivity contribution in [1.82, 2.24) is 15.1 Å². The zero-order valence-electron chi connectivity index (χ0n) is 12.7. The van der Waals surface area contributed by atoms with E-state index in [9.17, 15) is 18.0 Å². The highest BCUT2D eigenvalue weighted by Gasteiger charge is 2.27. The third-order valence-electron chi connectivity index (χ3n) is 3.03. The lowest BCUT2D eigenvalue weighted by molar-refractivity contribution is -0.173. The number of ether oxygens (including phenoxy) is 1. The summed E-state index contributed by atoms with van der Waals surface area (Å²) in [6.07, 6.45) is -4.39. The monoisotopic (exact) mass is 361 g/mol. The van der Waals surface area contributed by atoms with Gasteiger partial charge >= 0.3 is 6.18 Å². The van der Waals surface area contributed by atoms with E-state index < -0.39 is 18.7 Å². The number of nitrogens with one attached hydrogen (secondary N) is 1. The second-order valence-corrected chi connectivity index (χ2v) is 5.28. The topological polar surface area (TPSA) is 56.2 Å². The average Bonchev–Trinajstić information content (AvgIpc) is 2.81. The Balaban J connectivity index is 1.99. The van der Waals surface area contributed by atoms with E-state index in [1.807, 2.05) is 6.07 Å². The summed E-state index contributed by atoms with van der Waals surface area (Å²) in [6, 6.07) is 9.01. The van der Waals surface area contributed by atoms with E-state index in [-0.39, 0.29) is 23.9 Å². The van der Waals surface area contributed by atoms with E-state index in [0.717, 1.165) is 0 Å². The van der Waals surface area contributed by atoms with Crippen molar-refractivity contribution < 1.29 is 22.7 Å². The Labute approximate surface area is 141 Å². The Morgan fingerprint density at radius 1 is 1.33 bits per heavy atom. The minimum atomic E-state index is -4.39. The first kappa shape index (κ1) is 18.3. The molecule has 0 aliphatic rings. The maximum absolute atomic E-state index is 12.2. The summed E-state index contributed by atoms with van der Waals surface area (Å²) in [5.41, 5.74) is 1.28. The number of carbonyl (C=O) groups excluding carboxylic acids is 1. The average molecular weight is 362 g/mol. The van der Waals surface area contributed by atoms with Gasteiger partial charge in [-0.2, -0.15) is 18.3 Å². The summed E-state index contributed by atoms with van der Waals surface area (Å²) in [7, 11) is 0. The molecule has 1 N–H and O–H groups in total. The minimum absolute atomic E-state index is 0.0683. The van der Waals surface area contributed by atoms with Crippen molar-refractivity contribution >= 4 is 17.5 Å². The van der Waals surface area contributed by atoms with Crippen LogP contribution in [0.5, 0.6) is 0 Å². The molecule has 0 fully saturated rings. The van der Waals surface area contributed by atoms with Gasteiger partial charge in [0.15, 0.2) is 0 Å². The van der Waals surface area contributed by atoms with Crippen molar-refractivity contribution in [2.75, 3.05) is 19.8 Å². The van der Waals surface area contributed by atoms with Crippen LogP contribution in [0.15, 0.2) is 30.3 Å². The molecule has 0 saturated carbocycles. The van der Waals surface area contributed by atoms with Gasteiger partial charge in [-0.1, -0.05) is 29.8 Å². The fourth-order valence-electron chi connectivity index (χ4n) is 2.01. The van der Waals surface area contributed by atoms with Gasteiger partial charge < -0.3 is 10.1 Å². The van der Waals surface area contributed by atoms with Gasteiger partial charge in [0.05, 0.1) is 23.6 Å². The van der Waals surface area contributed by atoms with Crippen molar-refractivity contribution in [2.45, 2.75) is 13.1 Å². The Morgan fingerprint density at radius 2 is 2.00 bits per heavy atom. The molecule has 0 aliphatic heterocycles. The smallest absolute Gasteiger partial charge is 0.370 e. The van der Waals surface area contributed by atoms with Crippen LogP contribution in [0.3, 0.4) is 0 Å². The molecule has 9 heteroatoms. The third-order valence-corrected chi connectivity index (χ3v) is 3.38. The molecule has 0 atom stereocenters. The number of aryl methyl sites for hydroxylation is 1. The number of nitrogens with zero attached hydrogens (tertiary/aromatic N) is 2. The van der Waals surface area contributed by atoms with Gasteiger partial charge in [-0.25, -0.2) is 4.68 Å². The molecule has 0 spiro atoms. The number of aromatic nitrogens is 2. The lowest BCUT2D eigenvalue weighted by Crippen LogP contribution is -2.29. The fraction of sp³-hybridized carbons (Fsp3) is 0.333. The number of para-hydroxylation sites is 1. The fourth-order valence-corrected chi connectivity index (χ4v) is 2.37. The molecule has 1 amide bonds. The van der Waals surface area contributed by atoms with Crippen LogP contribution in [0, 0.1) is 6.92 Å². The molecule has 1 heterocycles. The molecule has 24 heavy (non-hydrogen) atoms. The van der Waals surface area contributed by atoms with Crippen molar-refractivity contribution in [2.24, 2.45) is 0 Å². The summed E-state index contributed by atoms with van der Waals surface area (Å²) < 4.78 is 41.7. The highest BCUT2D eigenvalue weighted by molar-refractivity contribution is 6.33. The van der Waals surface area contributed by atoms with Gasteiger partial charge in [0, 0.05) is 6.54 Å². The number of halogens is 4. The summed E-state index contributed by atoms with van der Waals surface area (Å²) >= 11 is 6.22. The zero-order chi connectivity index (χ0) is 17.7. The summed E-state index contributed by atoms with van der Waals surface area (Å²) in [5.74, 6) is -0.518. The molecule has 0 saturated heterocycles. The van der Waals surface area contributed by atoms with Gasteiger partial charge in [0.25, 0.3) is 5.91 Å². The van der Waals surface area contributed by atoms with Crippen molar-refractivity contribution in [3.63, 3.8) is 0 Å². The molecular weight excluding hydrogens is 347 g/mol. The number of hydrogen-bond acceptors (Lipinski definition) is 3. The maximum Gasteiger partial charge on any atom is 0.411 e. The summed E-state index contributed by atoms with van der Waals surface area (Å²) in [5, 5.41) is 6.82. The lowest BCUT2D eigenvalue weighted by atomic mass is 10.2. The molecule has 1 aromatic carbocycles. The van der Waals surface area contributed by atoms with Crippen LogP contribution in [0.4, 0.5) is 13.2 Å². The molecule has 0 unspecified atom stereocenters. The predicted octanol–water partition coefficient (Wildman–Crippen LogP) is 3.14. The highest BCUT2D eigenvalue weighted by Crippen LogP contribution is 2.23. The van der Waals surface area contributed by atoms with Crippen LogP contribution in [0.2, 0.25) is 5.15 Å². The van der Waals surface area contributed by atoms with E-state index in [1.54, 1.807) is 31.2 Å². The molecule has 0 aliphatic carbocycles. The second-order valence-electron chi connectivity index (χ2n) is 4.92. The van der Waals surface area contributed by atoms with Crippen LogP contribution >= 0.6 is 11.6 Å². The van der Waals surface area contributed by atoms with Crippen LogP contribution in [0.1, 0.15) is 16.1 Å². The van der Waals surface area contributed by atoms with Gasteiger partial charge in [-0.3, -0.25) is 4.79 Å². The Morgan fingerprint density at radius 3 is 2.62 bits per heavy atom. The lowest BCUT2D eigenvalue weighted by Gasteiger charge is -2.08. The second kappa shape index (κ2) is 7.67. The molecule has 1 aromatic heterocycles. The highest BCUT2D eigenvalue weighted by atomic mass is 35.5. The molecule has 2 rings (SSSR count). The number of benzene rings is 1. The van der Waals surface area contributed by atoms with E-state index >= 15 is 0 Å². The predicted molar refractivity (Wildman–Crippen MR) is 82.5 cm³/mol. The maximum atomic E-state index is 12.2. The van der Waals surface area contributed by atoms with Crippen molar-refractivity contribution in [3.8, 4) is 5.69 Å². The largest absolute Gasteiger partial charge is 0.411 e. The minimum Gasteiger partial charge on any atom is -0.370 e. The SMILES string of the molecule is Cc1nn(-c2ccccc2)c(Cl)c1C(=O)NCCOCC(F)(F)F. The number of alkyl halides is 3. The van der Waals surface area contributed by atoms with Crippen molar-refractivity contribution in [1.29, 1.82) is 0 Å². The number of hydrogen-bond donors (Lipinski definition) is 1.